The van der Waals surface area contributed by atoms with Crippen molar-refractivity contribution in [3.05, 3.63) is 29.3 Å². The molecule has 0 spiro atoms. The van der Waals surface area contributed by atoms with Gasteiger partial charge in [-0.2, -0.15) is 0 Å². The lowest BCUT2D eigenvalue weighted by atomic mass is 9.97. The van der Waals surface area contributed by atoms with Crippen LogP contribution in [0, 0.1) is 0 Å². The summed E-state index contributed by atoms with van der Waals surface area (Å²) in [5.74, 6) is 0. The van der Waals surface area contributed by atoms with Gasteiger partial charge in [0, 0.05) is 24.8 Å². The molecule has 2 N–H and O–H groups in total. The predicted molar refractivity (Wildman–Crippen MR) is 71.5 cm³/mol. The first-order chi connectivity index (χ1) is 7.68. The zero-order valence-corrected chi connectivity index (χ0v) is 11.0. The Labute approximate surface area is 99.5 Å². The van der Waals surface area contributed by atoms with Crippen molar-refractivity contribution in [1.29, 1.82) is 0 Å². The molecule has 0 saturated heterocycles. The molecule has 0 aliphatic carbocycles. The number of benzene rings is 1. The van der Waals surface area contributed by atoms with Crippen molar-refractivity contribution in [2.24, 2.45) is 0 Å². The quantitative estimate of drug-likeness (QED) is 0.737. The van der Waals surface area contributed by atoms with E-state index in [4.69, 9.17) is 5.73 Å². The van der Waals surface area contributed by atoms with E-state index in [1.165, 1.54) is 11.1 Å². The van der Waals surface area contributed by atoms with Crippen molar-refractivity contribution in [2.45, 2.75) is 46.7 Å². The van der Waals surface area contributed by atoms with Crippen LogP contribution in [0.5, 0.6) is 0 Å². The van der Waals surface area contributed by atoms with Crippen LogP contribution in [-0.4, -0.2) is 17.5 Å². The topological polar surface area (TPSA) is 29.3 Å². The van der Waals surface area contributed by atoms with Gasteiger partial charge < -0.3 is 5.73 Å². The van der Waals surface area contributed by atoms with E-state index >= 15 is 0 Å². The molecule has 0 radical (unpaired) electrons. The molecule has 1 aromatic carbocycles. The molecule has 1 heterocycles. The predicted octanol–water partition coefficient (Wildman–Crippen LogP) is 3.06. The second-order valence-electron chi connectivity index (χ2n) is 4.30. The van der Waals surface area contributed by atoms with Crippen LogP contribution in [0.15, 0.2) is 18.2 Å². The van der Waals surface area contributed by atoms with Gasteiger partial charge in [0.1, 0.15) is 0 Å². The summed E-state index contributed by atoms with van der Waals surface area (Å²) < 4.78 is 0. The third-order valence-corrected chi connectivity index (χ3v) is 3.06. The minimum atomic E-state index is 0.629. The van der Waals surface area contributed by atoms with Crippen molar-refractivity contribution < 1.29 is 0 Å². The highest BCUT2D eigenvalue weighted by Crippen LogP contribution is 2.24. The van der Waals surface area contributed by atoms with Gasteiger partial charge in [-0.3, -0.25) is 4.90 Å². The van der Waals surface area contributed by atoms with Crippen LogP contribution < -0.4 is 5.73 Å². The summed E-state index contributed by atoms with van der Waals surface area (Å²) in [5, 5.41) is 0. The Kier molecular flexibility index (Phi) is 4.81. The van der Waals surface area contributed by atoms with Crippen LogP contribution in [0.4, 0.5) is 5.69 Å². The lowest BCUT2D eigenvalue weighted by Crippen LogP contribution is -2.36. The normalized spacial score (nSPS) is 15.3. The molecule has 0 atom stereocenters. The maximum Gasteiger partial charge on any atom is 0.0350 e. The summed E-state index contributed by atoms with van der Waals surface area (Å²) in [6, 6.07) is 6.88. The van der Waals surface area contributed by atoms with E-state index in [1.54, 1.807) is 0 Å². The van der Waals surface area contributed by atoms with E-state index in [0.717, 1.165) is 25.2 Å². The van der Waals surface area contributed by atoms with Crippen LogP contribution in [0.1, 0.15) is 38.8 Å². The van der Waals surface area contributed by atoms with Gasteiger partial charge in [0.05, 0.1) is 0 Å². The minimum Gasteiger partial charge on any atom is -0.398 e. The number of nitrogens with zero attached hydrogens (tertiary/aromatic N) is 1. The largest absolute Gasteiger partial charge is 0.398 e. The van der Waals surface area contributed by atoms with Gasteiger partial charge in [0.25, 0.3) is 0 Å². The van der Waals surface area contributed by atoms with Crippen LogP contribution in [0.3, 0.4) is 0 Å². The van der Waals surface area contributed by atoms with Crippen molar-refractivity contribution in [3.8, 4) is 0 Å². The summed E-state index contributed by atoms with van der Waals surface area (Å²) >= 11 is 0. The minimum absolute atomic E-state index is 0.629. The third-order valence-electron chi connectivity index (χ3n) is 3.06. The van der Waals surface area contributed by atoms with Gasteiger partial charge in [0.2, 0.25) is 0 Å². The molecule has 90 valence electrons. The Balaban J connectivity index is 0.000000606. The van der Waals surface area contributed by atoms with Gasteiger partial charge in [-0.1, -0.05) is 26.0 Å². The van der Waals surface area contributed by atoms with Crippen LogP contribution >= 0.6 is 0 Å². The number of nitrogens with two attached hydrogens (primary N) is 1. The molecule has 16 heavy (non-hydrogen) atoms. The average Bonchev–Trinajstić information content (AvgIpc) is 2.31. The van der Waals surface area contributed by atoms with Crippen LogP contribution in [-0.2, 0) is 13.0 Å². The number of hydrogen-bond acceptors (Lipinski definition) is 2. The first-order valence-electron chi connectivity index (χ1n) is 6.29. The van der Waals surface area contributed by atoms with Gasteiger partial charge >= 0.3 is 0 Å². The fraction of sp³-hybridized carbons (Fsp3) is 0.571. The zero-order chi connectivity index (χ0) is 12.1. The molecule has 0 bridgehead atoms. The molecule has 1 aliphatic rings. The molecule has 0 amide bonds. The van der Waals surface area contributed by atoms with Crippen molar-refractivity contribution in [1.82, 2.24) is 4.90 Å². The third kappa shape index (κ3) is 2.76. The van der Waals surface area contributed by atoms with Gasteiger partial charge in [0.15, 0.2) is 0 Å². The molecular formula is C14H24N2. The molecule has 0 saturated carbocycles. The van der Waals surface area contributed by atoms with E-state index in [9.17, 15) is 0 Å². The Hall–Kier alpha value is -1.02. The highest BCUT2D eigenvalue weighted by atomic mass is 15.1. The Morgan fingerprint density at radius 3 is 2.56 bits per heavy atom. The number of fused-ring (bicyclic) bond motifs is 1. The first-order valence-corrected chi connectivity index (χ1v) is 6.29. The first kappa shape index (κ1) is 13.0. The standard InChI is InChI=1S/C12H18N2.C2H6/c1-9(2)14-7-6-11-10(8-14)4-3-5-12(11)13;1-2/h3-5,9H,6-8,13H2,1-2H3;1-2H3. The summed E-state index contributed by atoms with van der Waals surface area (Å²) in [7, 11) is 0. The van der Waals surface area contributed by atoms with Gasteiger partial charge in [-0.25, -0.2) is 0 Å². The fourth-order valence-corrected chi connectivity index (χ4v) is 2.10. The lowest BCUT2D eigenvalue weighted by molar-refractivity contribution is 0.203. The van der Waals surface area contributed by atoms with E-state index in [2.05, 4.69) is 30.9 Å². The Morgan fingerprint density at radius 1 is 1.25 bits per heavy atom. The molecule has 2 nitrogen and oxygen atoms in total. The monoisotopic (exact) mass is 220 g/mol. The highest BCUT2D eigenvalue weighted by Gasteiger charge is 2.19. The number of hydrogen-bond donors (Lipinski definition) is 1. The van der Waals surface area contributed by atoms with Gasteiger partial charge in [-0.15, -0.1) is 0 Å². The van der Waals surface area contributed by atoms with Crippen molar-refractivity contribution >= 4 is 5.69 Å². The van der Waals surface area contributed by atoms with E-state index in [-0.39, 0.29) is 0 Å². The fourth-order valence-electron chi connectivity index (χ4n) is 2.10. The molecule has 2 rings (SSSR count). The Bertz CT molecular complexity index is 332. The van der Waals surface area contributed by atoms with Crippen LogP contribution in [0.25, 0.3) is 0 Å². The van der Waals surface area contributed by atoms with E-state index in [0.29, 0.717) is 6.04 Å². The highest BCUT2D eigenvalue weighted by molar-refractivity contribution is 5.51. The van der Waals surface area contributed by atoms with Crippen molar-refractivity contribution in [3.63, 3.8) is 0 Å². The summed E-state index contributed by atoms with van der Waals surface area (Å²) in [6.45, 7) is 10.7. The molecule has 0 aromatic heterocycles. The maximum absolute atomic E-state index is 5.94. The zero-order valence-electron chi connectivity index (χ0n) is 11.0. The van der Waals surface area contributed by atoms with E-state index < -0.39 is 0 Å². The molecule has 1 aliphatic heterocycles. The smallest absolute Gasteiger partial charge is 0.0350 e. The lowest BCUT2D eigenvalue weighted by Gasteiger charge is -2.32. The molecule has 1 aromatic rings. The summed E-state index contributed by atoms with van der Waals surface area (Å²) in [4.78, 5) is 2.49. The molecule has 0 fully saturated rings. The average molecular weight is 220 g/mol. The maximum atomic E-state index is 5.94. The van der Waals surface area contributed by atoms with Crippen molar-refractivity contribution in [2.75, 3.05) is 12.3 Å². The van der Waals surface area contributed by atoms with E-state index in [1.807, 2.05) is 19.9 Å². The number of rotatable bonds is 1. The second-order valence-corrected chi connectivity index (χ2v) is 4.30. The van der Waals surface area contributed by atoms with Gasteiger partial charge in [-0.05, 0) is 37.5 Å². The SMILES string of the molecule is CC.CC(C)N1CCc2c(N)cccc2C1. The number of nitrogen functional groups attached to an aromatic ring is 1. The molecular weight excluding hydrogens is 196 g/mol. The summed E-state index contributed by atoms with van der Waals surface area (Å²) in [5.41, 5.74) is 9.68. The summed E-state index contributed by atoms with van der Waals surface area (Å²) in [6.07, 6.45) is 1.10. The van der Waals surface area contributed by atoms with Crippen LogP contribution in [0.2, 0.25) is 0 Å². The number of anilines is 1. The second kappa shape index (κ2) is 5.90. The molecule has 2 heteroatoms. The Morgan fingerprint density at radius 2 is 1.94 bits per heavy atom. The molecule has 0 unspecified atom stereocenters.